The number of amides is 4. The van der Waals surface area contributed by atoms with Gasteiger partial charge < -0.3 is 42.1 Å². The van der Waals surface area contributed by atoms with Crippen LogP contribution in [0.5, 0.6) is 0 Å². The molecule has 9 N–H and O–H groups in total. The number of carbonyl (C=O) groups excluding carboxylic acids is 3. The van der Waals surface area contributed by atoms with Crippen LogP contribution in [-0.2, 0) is 28.8 Å². The van der Waals surface area contributed by atoms with E-state index in [1.807, 2.05) is 16.0 Å². The molecule has 15 heteroatoms. The molecule has 0 aromatic rings. The van der Waals surface area contributed by atoms with E-state index in [9.17, 15) is 33.6 Å². The highest BCUT2D eigenvalue weighted by Gasteiger charge is 2.27. The van der Waals surface area contributed by atoms with Crippen molar-refractivity contribution in [1.82, 2.24) is 16.0 Å². The molecule has 0 aliphatic carbocycles. The number of aliphatic carboxylic acids is 4. The van der Waals surface area contributed by atoms with E-state index in [2.05, 4.69) is 0 Å². The fraction of sp³-hybridized carbons (Fsp3) is 0.533. The zero-order valence-electron chi connectivity index (χ0n) is 15.5. The Hall–Kier alpha value is -3.91. The molecule has 15 nitrogen and oxygen atoms in total. The van der Waals surface area contributed by atoms with Gasteiger partial charge in [0.15, 0.2) is 0 Å². The highest BCUT2D eigenvalue weighted by molar-refractivity contribution is 5.89. The number of hydrogen-bond donors (Lipinski definition) is 8. The van der Waals surface area contributed by atoms with Gasteiger partial charge in [-0.05, 0) is 12.8 Å². The molecule has 0 aliphatic heterocycles. The Kier molecular flexibility index (Phi) is 10.9. The average molecular weight is 434 g/mol. The average Bonchev–Trinajstić information content (AvgIpc) is 2.60. The van der Waals surface area contributed by atoms with Gasteiger partial charge in [0, 0.05) is 12.8 Å². The van der Waals surface area contributed by atoms with Crippen LogP contribution in [-0.4, -0.2) is 80.3 Å². The monoisotopic (exact) mass is 434 g/mol. The Bertz CT molecular complexity index is 709. The van der Waals surface area contributed by atoms with Gasteiger partial charge in [0.1, 0.15) is 18.1 Å². The van der Waals surface area contributed by atoms with Crippen LogP contribution < -0.4 is 21.7 Å². The first-order valence-electron chi connectivity index (χ1n) is 8.38. The van der Waals surface area contributed by atoms with Gasteiger partial charge in [0.05, 0.1) is 6.42 Å². The summed E-state index contributed by atoms with van der Waals surface area (Å²) in [6.45, 7) is 0. The fourth-order valence-corrected chi connectivity index (χ4v) is 2.08. The van der Waals surface area contributed by atoms with E-state index < -0.39 is 92.0 Å². The Labute approximate surface area is 168 Å². The molecule has 3 atom stereocenters. The number of carboxylic acids is 4. The number of primary amides is 1. The second-order valence-electron chi connectivity index (χ2n) is 6.00. The first-order chi connectivity index (χ1) is 13.8. The fourth-order valence-electron chi connectivity index (χ4n) is 2.08. The summed E-state index contributed by atoms with van der Waals surface area (Å²) in [5.74, 6) is -7.85. The van der Waals surface area contributed by atoms with Gasteiger partial charge >= 0.3 is 29.9 Å². The predicted molar refractivity (Wildman–Crippen MR) is 94.0 cm³/mol. The van der Waals surface area contributed by atoms with Gasteiger partial charge in [0.2, 0.25) is 11.8 Å². The van der Waals surface area contributed by atoms with Crippen molar-refractivity contribution in [2.45, 2.75) is 50.2 Å². The quantitative estimate of drug-likeness (QED) is 0.139. The lowest BCUT2D eigenvalue weighted by Gasteiger charge is -2.18. The van der Waals surface area contributed by atoms with Crippen LogP contribution in [0.15, 0.2) is 0 Å². The zero-order chi connectivity index (χ0) is 23.4. The molecule has 0 aromatic carbocycles. The van der Waals surface area contributed by atoms with Crippen LogP contribution in [0, 0.1) is 0 Å². The molecule has 0 aromatic heterocycles. The van der Waals surface area contributed by atoms with Crippen molar-refractivity contribution in [3.05, 3.63) is 0 Å². The van der Waals surface area contributed by atoms with Crippen LogP contribution >= 0.6 is 0 Å². The third kappa shape index (κ3) is 11.1. The van der Waals surface area contributed by atoms with E-state index in [0.717, 1.165) is 0 Å². The number of rotatable bonds is 14. The van der Waals surface area contributed by atoms with Gasteiger partial charge in [-0.15, -0.1) is 0 Å². The van der Waals surface area contributed by atoms with Gasteiger partial charge in [-0.3, -0.25) is 14.4 Å². The topological polar surface area (TPSA) is 263 Å². The summed E-state index contributed by atoms with van der Waals surface area (Å²) >= 11 is 0. The summed E-state index contributed by atoms with van der Waals surface area (Å²) in [5, 5.41) is 41.3. The van der Waals surface area contributed by atoms with Gasteiger partial charge in [-0.2, -0.15) is 0 Å². The molecule has 0 saturated heterocycles. The second-order valence-corrected chi connectivity index (χ2v) is 6.00. The maximum absolute atomic E-state index is 11.8. The van der Waals surface area contributed by atoms with Crippen molar-refractivity contribution >= 4 is 41.7 Å². The standard InChI is InChI=1S/C15H22N4O11/c16-9(20)5-8(14(28)29)17-10(21)3-1-6(12(24)25)18-15(30)19-7(13(26)27)2-4-11(22)23/h6-8H,1-5H2,(H2,16,20)(H,17,21)(H,22,23)(H,24,25)(H,26,27)(H,28,29)(H2,18,19,30)/t6-,7?,8-/m0/s1. The first-order valence-corrected chi connectivity index (χ1v) is 8.38. The van der Waals surface area contributed by atoms with E-state index in [0.29, 0.717) is 0 Å². The summed E-state index contributed by atoms with van der Waals surface area (Å²) in [5.41, 5.74) is 4.86. The minimum absolute atomic E-state index is 0.450. The maximum atomic E-state index is 11.8. The molecule has 168 valence electrons. The summed E-state index contributed by atoms with van der Waals surface area (Å²) in [4.78, 5) is 78.1. The van der Waals surface area contributed by atoms with Crippen molar-refractivity contribution in [3.8, 4) is 0 Å². The van der Waals surface area contributed by atoms with Crippen LogP contribution in [0.3, 0.4) is 0 Å². The smallest absolute Gasteiger partial charge is 0.326 e. The molecular weight excluding hydrogens is 412 g/mol. The molecule has 0 rings (SSSR count). The molecule has 0 fully saturated rings. The van der Waals surface area contributed by atoms with E-state index in [4.69, 9.17) is 26.2 Å². The molecule has 0 bridgehead atoms. The van der Waals surface area contributed by atoms with Crippen LogP contribution in [0.25, 0.3) is 0 Å². The minimum atomic E-state index is -1.65. The summed E-state index contributed by atoms with van der Waals surface area (Å²) in [7, 11) is 0. The summed E-state index contributed by atoms with van der Waals surface area (Å²) in [6.07, 6.45) is -2.74. The number of urea groups is 1. The highest BCUT2D eigenvalue weighted by atomic mass is 16.4. The van der Waals surface area contributed by atoms with E-state index in [1.54, 1.807) is 0 Å². The van der Waals surface area contributed by atoms with Crippen molar-refractivity contribution in [2.24, 2.45) is 5.73 Å². The Morgan fingerprint density at radius 1 is 0.667 bits per heavy atom. The molecule has 0 heterocycles. The van der Waals surface area contributed by atoms with Crippen molar-refractivity contribution in [3.63, 3.8) is 0 Å². The third-order valence-electron chi connectivity index (χ3n) is 3.55. The molecule has 0 radical (unpaired) electrons. The molecule has 0 saturated carbocycles. The number of hydrogen-bond acceptors (Lipinski definition) is 7. The number of nitrogens with one attached hydrogen (secondary N) is 3. The van der Waals surface area contributed by atoms with Crippen LogP contribution in [0.2, 0.25) is 0 Å². The van der Waals surface area contributed by atoms with E-state index in [-0.39, 0.29) is 0 Å². The Morgan fingerprint density at radius 3 is 1.47 bits per heavy atom. The molecular formula is C15H22N4O11. The van der Waals surface area contributed by atoms with Crippen molar-refractivity contribution in [1.29, 1.82) is 0 Å². The van der Waals surface area contributed by atoms with Gasteiger partial charge in [-0.25, -0.2) is 19.2 Å². The van der Waals surface area contributed by atoms with E-state index in [1.165, 1.54) is 0 Å². The SMILES string of the molecule is NC(=O)C[C@H](NC(=O)CC[C@H](NC(=O)NC(CCC(=O)O)C(=O)O)C(=O)O)C(=O)O. The van der Waals surface area contributed by atoms with Crippen LogP contribution in [0.1, 0.15) is 32.1 Å². The molecule has 4 amide bonds. The number of carbonyl (C=O) groups is 7. The molecule has 0 spiro atoms. The van der Waals surface area contributed by atoms with Crippen molar-refractivity contribution < 1.29 is 54.0 Å². The predicted octanol–water partition coefficient (Wildman–Crippen LogP) is -2.72. The lowest BCUT2D eigenvalue weighted by molar-refractivity contribution is -0.143. The van der Waals surface area contributed by atoms with Crippen LogP contribution in [0.4, 0.5) is 4.79 Å². The largest absolute Gasteiger partial charge is 0.481 e. The maximum Gasteiger partial charge on any atom is 0.326 e. The third-order valence-corrected chi connectivity index (χ3v) is 3.55. The molecule has 0 aliphatic rings. The lowest BCUT2D eigenvalue weighted by Crippen LogP contribution is -2.51. The lowest BCUT2D eigenvalue weighted by atomic mass is 10.1. The number of carboxylic acid groups (broad SMARTS) is 4. The second kappa shape index (κ2) is 12.5. The summed E-state index contributed by atoms with van der Waals surface area (Å²) in [6, 6.07) is -6.08. The first kappa shape index (κ1) is 26.1. The summed E-state index contributed by atoms with van der Waals surface area (Å²) < 4.78 is 0. The van der Waals surface area contributed by atoms with Gasteiger partial charge in [-0.1, -0.05) is 0 Å². The normalized spacial score (nSPS) is 13.2. The molecule has 1 unspecified atom stereocenters. The highest BCUT2D eigenvalue weighted by Crippen LogP contribution is 2.02. The Balaban J connectivity index is 4.80. The number of nitrogens with two attached hydrogens (primary N) is 1. The Morgan fingerprint density at radius 2 is 1.10 bits per heavy atom. The van der Waals surface area contributed by atoms with Gasteiger partial charge in [0.25, 0.3) is 0 Å². The minimum Gasteiger partial charge on any atom is -0.481 e. The molecule has 30 heavy (non-hydrogen) atoms. The van der Waals surface area contributed by atoms with Crippen molar-refractivity contribution in [2.75, 3.05) is 0 Å². The van der Waals surface area contributed by atoms with E-state index >= 15 is 0 Å². The zero-order valence-corrected chi connectivity index (χ0v) is 15.5.